The zero-order valence-corrected chi connectivity index (χ0v) is 6.35. The average Bonchev–Trinajstić information content (AvgIpc) is 1.35. The van der Waals surface area contributed by atoms with E-state index >= 15 is 0 Å². The van der Waals surface area contributed by atoms with Crippen molar-refractivity contribution in [2.75, 3.05) is 0 Å². The van der Waals surface area contributed by atoms with Gasteiger partial charge < -0.3 is 0 Å². The molecule has 6 heavy (non-hydrogen) atoms. The van der Waals surface area contributed by atoms with Crippen molar-refractivity contribution in [3.05, 3.63) is 0 Å². The first-order valence-corrected chi connectivity index (χ1v) is 3.81. The molecule has 1 radical (unpaired) electrons. The van der Waals surface area contributed by atoms with Gasteiger partial charge in [-0.05, 0) is 22.5 Å². The Hall–Kier alpha value is 1.57. The van der Waals surface area contributed by atoms with Crippen LogP contribution >= 0.6 is 57.3 Å². The third-order valence-corrected chi connectivity index (χ3v) is 2.55. The standard InChI is InChI=1S/CCl3S2/c2-1(3,4)6-5. The van der Waals surface area contributed by atoms with Gasteiger partial charge in [0, 0.05) is 0 Å². The van der Waals surface area contributed by atoms with E-state index in [9.17, 15) is 0 Å². The van der Waals surface area contributed by atoms with Crippen LogP contribution in [0.3, 0.4) is 0 Å². The predicted octanol–water partition coefficient (Wildman–Crippen LogP) is 3.16. The smallest absolute Gasteiger partial charge is 0.0709 e. The van der Waals surface area contributed by atoms with Gasteiger partial charge >= 0.3 is 0 Å². The molecule has 0 nitrogen and oxygen atoms in total. The molecule has 37 valence electrons. The highest BCUT2D eigenvalue weighted by Crippen LogP contribution is 2.40. The first-order valence-electron chi connectivity index (χ1n) is 0.938. The van der Waals surface area contributed by atoms with Crippen molar-refractivity contribution >= 4 is 57.3 Å². The van der Waals surface area contributed by atoms with Crippen molar-refractivity contribution in [3.63, 3.8) is 0 Å². The Morgan fingerprint density at radius 1 is 1.33 bits per heavy atom. The first-order chi connectivity index (χ1) is 2.56. The van der Waals surface area contributed by atoms with E-state index in [4.69, 9.17) is 34.8 Å². The molecule has 0 bridgehead atoms. The lowest BCUT2D eigenvalue weighted by Crippen LogP contribution is -1.86. The molecule has 0 heterocycles. The van der Waals surface area contributed by atoms with Crippen LogP contribution in [-0.4, -0.2) is 3.12 Å². The molecular weight excluding hydrogens is 183 g/mol. The summed E-state index contributed by atoms with van der Waals surface area (Å²) in [5, 5.41) is 0. The van der Waals surface area contributed by atoms with Gasteiger partial charge in [-0.25, -0.2) is 0 Å². The highest BCUT2D eigenvalue weighted by molar-refractivity contribution is 8.70. The van der Waals surface area contributed by atoms with Gasteiger partial charge in [0.15, 0.2) is 0 Å². The molecule has 0 aliphatic rings. The molecule has 0 saturated heterocycles. The van der Waals surface area contributed by atoms with Gasteiger partial charge in [-0.3, -0.25) is 0 Å². The van der Waals surface area contributed by atoms with E-state index in [1.807, 2.05) is 0 Å². The third-order valence-electron chi connectivity index (χ3n) is 0.0945. The van der Waals surface area contributed by atoms with E-state index in [0.717, 1.165) is 10.8 Å². The SMILES string of the molecule is [S]SC(Cl)(Cl)Cl. The van der Waals surface area contributed by atoms with Crippen molar-refractivity contribution < 1.29 is 0 Å². The summed E-state index contributed by atoms with van der Waals surface area (Å²) in [5.41, 5.74) is 0. The molecule has 5 heteroatoms. The van der Waals surface area contributed by atoms with Crippen molar-refractivity contribution in [1.82, 2.24) is 0 Å². The lowest BCUT2D eigenvalue weighted by Gasteiger charge is -1.99. The summed E-state index contributed by atoms with van der Waals surface area (Å²) in [6, 6.07) is 0. The van der Waals surface area contributed by atoms with E-state index in [2.05, 4.69) is 11.7 Å². The molecule has 0 amide bonds. The molecule has 0 unspecified atom stereocenters. The summed E-state index contributed by atoms with van der Waals surface area (Å²) < 4.78 is -1.31. The van der Waals surface area contributed by atoms with Crippen molar-refractivity contribution in [3.8, 4) is 0 Å². The number of rotatable bonds is 0. The minimum Gasteiger partial charge on any atom is -0.0709 e. The maximum absolute atomic E-state index is 5.11. The third kappa shape index (κ3) is 5.57. The van der Waals surface area contributed by atoms with Crippen LogP contribution in [0.25, 0.3) is 0 Å². The maximum atomic E-state index is 5.11. The molecular formula is CCl3S2. The summed E-state index contributed by atoms with van der Waals surface area (Å²) in [5.74, 6) is 0. The molecule has 0 aromatic rings. The Morgan fingerprint density at radius 3 is 1.50 bits per heavy atom. The Bertz CT molecular complexity index is 38.5. The van der Waals surface area contributed by atoms with Crippen molar-refractivity contribution in [1.29, 1.82) is 0 Å². The second-order valence-corrected chi connectivity index (χ2v) is 4.76. The Kier molecular flexibility index (Phi) is 3.50. The maximum Gasteiger partial charge on any atom is 0.248 e. The molecule has 0 N–H and O–H groups in total. The fourth-order valence-electron chi connectivity index (χ4n) is 0. The lowest BCUT2D eigenvalue weighted by atomic mass is 11.8. The molecule has 0 atom stereocenters. The van der Waals surface area contributed by atoms with Gasteiger partial charge in [0.2, 0.25) is 3.12 Å². The van der Waals surface area contributed by atoms with Crippen molar-refractivity contribution in [2.45, 2.75) is 3.12 Å². The minimum atomic E-state index is -1.31. The van der Waals surface area contributed by atoms with Crippen LogP contribution in [0.4, 0.5) is 0 Å². The monoisotopic (exact) mass is 181 g/mol. The largest absolute Gasteiger partial charge is 0.248 e. The number of hydrogen-bond acceptors (Lipinski definition) is 1. The van der Waals surface area contributed by atoms with Crippen LogP contribution in [0, 0.1) is 0 Å². The van der Waals surface area contributed by atoms with Crippen LogP contribution in [-0.2, 0) is 0 Å². The quantitative estimate of drug-likeness (QED) is 0.410. The molecule has 0 spiro atoms. The Balaban J connectivity index is 3.17. The Morgan fingerprint density at radius 2 is 1.50 bits per heavy atom. The second-order valence-electron chi connectivity index (χ2n) is 0.529. The Labute approximate surface area is 60.3 Å². The summed E-state index contributed by atoms with van der Waals surface area (Å²) >= 11 is 19.6. The van der Waals surface area contributed by atoms with Gasteiger partial charge in [-0.15, -0.1) is 0 Å². The first kappa shape index (κ1) is 7.57. The lowest BCUT2D eigenvalue weighted by molar-refractivity contribution is 1.81. The van der Waals surface area contributed by atoms with Crippen LogP contribution in [0.5, 0.6) is 0 Å². The van der Waals surface area contributed by atoms with E-state index in [-0.39, 0.29) is 0 Å². The van der Waals surface area contributed by atoms with E-state index < -0.39 is 3.12 Å². The topological polar surface area (TPSA) is 0 Å². The van der Waals surface area contributed by atoms with Gasteiger partial charge in [-0.1, -0.05) is 34.8 Å². The molecule has 0 aromatic carbocycles. The van der Waals surface area contributed by atoms with Gasteiger partial charge in [-0.2, -0.15) is 0 Å². The van der Waals surface area contributed by atoms with Crippen LogP contribution in [0.2, 0.25) is 0 Å². The fourth-order valence-corrected chi connectivity index (χ4v) is 0. The molecule has 0 fully saturated rings. The summed E-state index contributed by atoms with van der Waals surface area (Å²) in [4.78, 5) is 0. The zero-order chi connectivity index (χ0) is 5.21. The second kappa shape index (κ2) is 2.78. The molecule has 0 aliphatic heterocycles. The van der Waals surface area contributed by atoms with E-state index in [1.165, 1.54) is 0 Å². The normalized spacial score (nSPS) is 12.0. The van der Waals surface area contributed by atoms with Gasteiger partial charge in [0.1, 0.15) is 0 Å². The molecule has 0 aromatic heterocycles. The number of hydrogen-bond donors (Lipinski definition) is 0. The van der Waals surface area contributed by atoms with Gasteiger partial charge in [0.05, 0.1) is 0 Å². The highest BCUT2D eigenvalue weighted by Gasteiger charge is 2.17. The summed E-state index contributed by atoms with van der Waals surface area (Å²) in [6.45, 7) is 0. The fraction of sp³-hybridized carbons (Fsp3) is 1.00. The number of halogens is 3. The van der Waals surface area contributed by atoms with Crippen LogP contribution < -0.4 is 0 Å². The van der Waals surface area contributed by atoms with Gasteiger partial charge in [0.25, 0.3) is 0 Å². The number of alkyl halides is 3. The van der Waals surface area contributed by atoms with E-state index in [1.54, 1.807) is 0 Å². The zero-order valence-electron chi connectivity index (χ0n) is 2.45. The molecule has 0 aliphatic carbocycles. The molecule has 0 rings (SSSR count). The van der Waals surface area contributed by atoms with E-state index in [0.29, 0.717) is 0 Å². The minimum absolute atomic E-state index is 0.762. The van der Waals surface area contributed by atoms with Crippen molar-refractivity contribution in [2.24, 2.45) is 0 Å². The highest BCUT2D eigenvalue weighted by atomic mass is 35.6. The molecule has 0 saturated carbocycles. The summed E-state index contributed by atoms with van der Waals surface area (Å²) in [7, 11) is 0.762. The summed E-state index contributed by atoms with van der Waals surface area (Å²) in [6.07, 6.45) is 0. The van der Waals surface area contributed by atoms with Crippen LogP contribution in [0.1, 0.15) is 0 Å². The van der Waals surface area contributed by atoms with Crippen LogP contribution in [0.15, 0.2) is 0 Å². The predicted molar refractivity (Wildman–Crippen MR) is 35.5 cm³/mol. The average molecular weight is 183 g/mol.